The van der Waals surface area contributed by atoms with Gasteiger partial charge in [0.2, 0.25) is 0 Å². The van der Waals surface area contributed by atoms with Crippen LogP contribution in [0.1, 0.15) is 0 Å². The summed E-state index contributed by atoms with van der Waals surface area (Å²) in [6.07, 6.45) is 0. The summed E-state index contributed by atoms with van der Waals surface area (Å²) in [7, 11) is 0. The first kappa shape index (κ1) is 14.0. The first-order valence-corrected chi connectivity index (χ1v) is 5.63. The van der Waals surface area contributed by atoms with E-state index in [9.17, 15) is 15.2 Å². The third-order valence-electron chi connectivity index (χ3n) is 0.172. The van der Waals surface area contributed by atoms with Gasteiger partial charge in [-0.2, -0.15) is 0 Å². The van der Waals surface area contributed by atoms with Gasteiger partial charge in [-0.3, -0.25) is 0 Å². The van der Waals surface area contributed by atoms with E-state index in [0.29, 0.717) is 0 Å². The number of hydrogen-bond donors (Lipinski definition) is 2. The Bertz CT molecular complexity index is 237. The Hall–Kier alpha value is 1.40. The molecule has 0 spiro atoms. The van der Waals surface area contributed by atoms with Crippen molar-refractivity contribution < 1.29 is 53.6 Å². The van der Waals surface area contributed by atoms with Crippen LogP contribution in [-0.4, -0.2) is 46.1 Å². The van der Waals surface area contributed by atoms with Gasteiger partial charge in [0, 0.05) is 37.7 Å². The predicted molar refractivity (Wildman–Crippen MR) is 14.0 cm³/mol. The molecular formula is H2CaCr2O7. The quantitative estimate of drug-likeness (QED) is 0.547. The van der Waals surface area contributed by atoms with Crippen LogP contribution in [0.25, 0.3) is 0 Å². The molecule has 0 aliphatic rings. The topological polar surface area (TPSA) is 118 Å². The van der Waals surface area contributed by atoms with Gasteiger partial charge in [-0.05, 0) is 0 Å². The van der Waals surface area contributed by atoms with Crippen LogP contribution in [0.3, 0.4) is 0 Å². The van der Waals surface area contributed by atoms with Gasteiger partial charge in [0.1, 0.15) is 0 Å². The normalized spacial score (nSPS) is 12.2. The molecule has 0 unspecified atom stereocenters. The van der Waals surface area contributed by atoms with Crippen molar-refractivity contribution in [1.82, 2.24) is 0 Å². The Morgan fingerprint density at radius 3 is 1.10 bits per heavy atom. The summed E-state index contributed by atoms with van der Waals surface area (Å²) < 4.78 is 56.3. The molecule has 0 bridgehead atoms. The van der Waals surface area contributed by atoms with Crippen molar-refractivity contribution in [3.63, 3.8) is 0 Å². The first-order chi connectivity index (χ1) is 3.71. The molecule has 2 radical (unpaired) electrons. The van der Waals surface area contributed by atoms with E-state index in [1.807, 2.05) is 0 Å². The molecule has 0 saturated heterocycles. The Morgan fingerprint density at radius 1 is 0.900 bits per heavy atom. The van der Waals surface area contributed by atoms with Crippen molar-refractivity contribution in [2.45, 2.75) is 0 Å². The summed E-state index contributed by atoms with van der Waals surface area (Å²) in [6, 6.07) is 0. The molecule has 0 aromatic rings. The number of hydrogen-bond acceptors (Lipinski definition) is 5. The van der Waals surface area contributed by atoms with Crippen LogP contribution in [-0.2, 0) is 45.3 Å². The van der Waals surface area contributed by atoms with Crippen molar-refractivity contribution in [3.8, 4) is 0 Å². The van der Waals surface area contributed by atoms with Crippen LogP contribution >= 0.6 is 0 Å². The Labute approximate surface area is 90.1 Å². The third-order valence-corrected chi connectivity index (χ3v) is 2.92. The zero-order valence-electron chi connectivity index (χ0n) is 4.46. The second-order valence-corrected chi connectivity index (χ2v) is 4.68. The number of rotatable bonds is 2. The van der Waals surface area contributed by atoms with Crippen LogP contribution in [0.4, 0.5) is 0 Å². The fourth-order valence-corrected chi connectivity index (χ4v) is 1.85. The summed E-state index contributed by atoms with van der Waals surface area (Å²) in [5.41, 5.74) is 0. The molecule has 0 rings (SSSR count). The van der Waals surface area contributed by atoms with Gasteiger partial charge >= 0.3 is 53.6 Å². The Kier molecular flexibility index (Phi) is 6.19. The zero-order chi connectivity index (χ0) is 7.71. The van der Waals surface area contributed by atoms with Gasteiger partial charge in [-0.25, -0.2) is 0 Å². The van der Waals surface area contributed by atoms with E-state index >= 15 is 0 Å². The van der Waals surface area contributed by atoms with E-state index in [4.69, 9.17) is 8.32 Å². The molecule has 0 atom stereocenters. The minimum atomic E-state index is -5.76. The van der Waals surface area contributed by atoms with Crippen LogP contribution < -0.4 is 0 Å². The zero-order valence-corrected chi connectivity index (χ0v) is 9.22. The van der Waals surface area contributed by atoms with Crippen molar-refractivity contribution in [3.05, 3.63) is 0 Å². The molecule has 10 heteroatoms. The average Bonchev–Trinajstić information content (AvgIpc) is 1.14. The van der Waals surface area contributed by atoms with E-state index in [0.717, 1.165) is 0 Å². The van der Waals surface area contributed by atoms with Crippen molar-refractivity contribution in [2.24, 2.45) is 0 Å². The SMILES string of the molecule is [Ca].[O]=[Cr](=[O])([OH])[O][Cr](=[O])(=[O])[OH]. The van der Waals surface area contributed by atoms with E-state index in [1.165, 1.54) is 0 Å². The van der Waals surface area contributed by atoms with Crippen LogP contribution in [0.2, 0.25) is 0 Å². The van der Waals surface area contributed by atoms with Gasteiger partial charge < -0.3 is 0 Å². The summed E-state index contributed by atoms with van der Waals surface area (Å²) in [5.74, 6) is 0. The summed E-state index contributed by atoms with van der Waals surface area (Å²) in [6.45, 7) is 0. The van der Waals surface area contributed by atoms with Crippen molar-refractivity contribution in [2.75, 3.05) is 0 Å². The molecule has 0 fully saturated rings. The molecule has 0 heterocycles. The minimum absolute atomic E-state index is 0. The predicted octanol–water partition coefficient (Wildman–Crippen LogP) is -2.04. The van der Waals surface area contributed by atoms with E-state index in [2.05, 4.69) is 2.84 Å². The maximum absolute atomic E-state index is 9.53. The fraction of sp³-hybridized carbons (Fsp3) is 0. The molecule has 7 nitrogen and oxygen atoms in total. The van der Waals surface area contributed by atoms with E-state index in [1.54, 1.807) is 0 Å². The van der Waals surface area contributed by atoms with E-state index in [-0.39, 0.29) is 37.7 Å². The van der Waals surface area contributed by atoms with Crippen LogP contribution in [0, 0.1) is 0 Å². The average molecular weight is 258 g/mol. The second-order valence-electron chi connectivity index (χ2n) is 0.924. The molecule has 0 amide bonds. The molecule has 0 aliphatic heterocycles. The monoisotopic (exact) mass is 258 g/mol. The van der Waals surface area contributed by atoms with Crippen molar-refractivity contribution in [1.29, 1.82) is 0 Å². The Balaban J connectivity index is 0. The first-order valence-electron chi connectivity index (χ1n) is 1.37. The molecular weight excluding hydrogens is 256 g/mol. The van der Waals surface area contributed by atoms with Crippen LogP contribution in [0.5, 0.6) is 0 Å². The molecule has 0 aromatic carbocycles. The second kappa shape index (κ2) is 4.44. The Morgan fingerprint density at radius 2 is 1.10 bits per heavy atom. The summed E-state index contributed by atoms with van der Waals surface area (Å²) in [4.78, 5) is 0. The summed E-state index contributed by atoms with van der Waals surface area (Å²) >= 11 is -11.5. The molecule has 0 aromatic heterocycles. The molecule has 2 N–H and O–H groups in total. The van der Waals surface area contributed by atoms with Gasteiger partial charge in [-0.15, -0.1) is 0 Å². The fourth-order valence-electron chi connectivity index (χ4n) is 0.109. The molecule has 10 heavy (non-hydrogen) atoms. The standard InChI is InChI=1S/Ca.2Cr.2H2O.5O/h;;;2*1H2;;;;;/q;2*+1;;;;;;;/p-2. The molecule has 0 saturated carbocycles. The molecule has 0 aliphatic carbocycles. The van der Waals surface area contributed by atoms with Gasteiger partial charge in [0.05, 0.1) is 0 Å². The van der Waals surface area contributed by atoms with Crippen molar-refractivity contribution >= 4 is 37.7 Å². The van der Waals surface area contributed by atoms with Gasteiger partial charge in [0.25, 0.3) is 0 Å². The molecule has 58 valence electrons. The van der Waals surface area contributed by atoms with E-state index < -0.39 is 27.2 Å². The van der Waals surface area contributed by atoms with Gasteiger partial charge in [0.15, 0.2) is 0 Å². The third kappa shape index (κ3) is 12.1. The maximum atomic E-state index is 9.53. The van der Waals surface area contributed by atoms with Crippen LogP contribution in [0.15, 0.2) is 0 Å². The van der Waals surface area contributed by atoms with Gasteiger partial charge in [-0.1, -0.05) is 0 Å². The summed E-state index contributed by atoms with van der Waals surface area (Å²) in [5, 5.41) is 0.